The molecule has 10 nitrogen and oxygen atoms in total. The van der Waals surface area contributed by atoms with Gasteiger partial charge in [-0.05, 0) is 6.54 Å². The summed E-state index contributed by atoms with van der Waals surface area (Å²) in [5.41, 5.74) is 0.664. The Labute approximate surface area is 161 Å². The SMILES string of the molecule is CCNCCC(=O)NC(Cc1cnc[nH]1)C(=O)SCC(NC(C)=O)C(=O)O. The summed E-state index contributed by atoms with van der Waals surface area (Å²) in [5.74, 6) is -2.15. The number of carbonyl (C=O) groups is 4. The maximum Gasteiger partial charge on any atom is 0.327 e. The van der Waals surface area contributed by atoms with Crippen molar-refractivity contribution in [2.45, 2.75) is 38.8 Å². The summed E-state index contributed by atoms with van der Waals surface area (Å²) in [4.78, 5) is 53.6. The molecule has 0 spiro atoms. The molecular formula is C16H25N5O5S. The van der Waals surface area contributed by atoms with Crippen LogP contribution in [-0.4, -0.2) is 68.9 Å². The molecule has 0 fully saturated rings. The van der Waals surface area contributed by atoms with Gasteiger partial charge in [-0.2, -0.15) is 0 Å². The van der Waals surface area contributed by atoms with E-state index in [0.717, 1.165) is 18.3 Å². The van der Waals surface area contributed by atoms with E-state index < -0.39 is 29.1 Å². The van der Waals surface area contributed by atoms with Crippen LogP contribution in [0.15, 0.2) is 12.5 Å². The molecule has 2 atom stereocenters. The molecule has 1 aromatic rings. The molecule has 0 aliphatic rings. The molecule has 0 saturated heterocycles. The molecule has 11 heteroatoms. The lowest BCUT2D eigenvalue weighted by Crippen LogP contribution is -2.44. The topological polar surface area (TPSA) is 153 Å². The van der Waals surface area contributed by atoms with Crippen molar-refractivity contribution in [2.75, 3.05) is 18.8 Å². The fourth-order valence-electron chi connectivity index (χ4n) is 2.14. The second-order valence-corrected chi connectivity index (χ2v) is 6.75. The van der Waals surface area contributed by atoms with Gasteiger partial charge in [-0.1, -0.05) is 18.7 Å². The minimum absolute atomic E-state index is 0.138. The fraction of sp³-hybridized carbons (Fsp3) is 0.562. The van der Waals surface area contributed by atoms with Crippen LogP contribution in [0.1, 0.15) is 26.0 Å². The van der Waals surface area contributed by atoms with E-state index in [2.05, 4.69) is 25.9 Å². The van der Waals surface area contributed by atoms with E-state index in [-0.39, 0.29) is 24.5 Å². The molecule has 150 valence electrons. The number of aliphatic carboxylic acids is 1. The number of carboxylic acid groups (broad SMARTS) is 1. The quantitative estimate of drug-likeness (QED) is 0.289. The third-order valence-electron chi connectivity index (χ3n) is 3.45. The van der Waals surface area contributed by atoms with Crippen LogP contribution >= 0.6 is 11.8 Å². The smallest absolute Gasteiger partial charge is 0.327 e. The predicted octanol–water partition coefficient (Wildman–Crippen LogP) is -0.714. The van der Waals surface area contributed by atoms with E-state index in [1.807, 2.05) is 6.92 Å². The first-order valence-electron chi connectivity index (χ1n) is 8.47. The van der Waals surface area contributed by atoms with Gasteiger partial charge < -0.3 is 26.0 Å². The zero-order valence-electron chi connectivity index (χ0n) is 15.3. The largest absolute Gasteiger partial charge is 0.480 e. The fourth-order valence-corrected chi connectivity index (χ4v) is 3.04. The van der Waals surface area contributed by atoms with Crippen LogP contribution in [0.5, 0.6) is 0 Å². The van der Waals surface area contributed by atoms with Gasteiger partial charge in [0.25, 0.3) is 0 Å². The van der Waals surface area contributed by atoms with Gasteiger partial charge in [-0.15, -0.1) is 0 Å². The molecule has 5 N–H and O–H groups in total. The number of H-pyrrole nitrogens is 1. The molecule has 2 amide bonds. The first-order chi connectivity index (χ1) is 12.8. The normalized spacial score (nSPS) is 12.8. The van der Waals surface area contributed by atoms with Crippen LogP contribution in [0.25, 0.3) is 0 Å². The van der Waals surface area contributed by atoms with Gasteiger partial charge in [-0.3, -0.25) is 14.4 Å². The average Bonchev–Trinajstić information content (AvgIpc) is 3.10. The summed E-state index contributed by atoms with van der Waals surface area (Å²) >= 11 is 0.756. The molecule has 0 aliphatic heterocycles. The Morgan fingerprint density at radius 3 is 2.56 bits per heavy atom. The van der Waals surface area contributed by atoms with Crippen molar-refractivity contribution in [2.24, 2.45) is 0 Å². The van der Waals surface area contributed by atoms with Gasteiger partial charge in [-0.25, -0.2) is 9.78 Å². The van der Waals surface area contributed by atoms with Crippen molar-refractivity contribution in [3.05, 3.63) is 18.2 Å². The Bertz CT molecular complexity index is 637. The number of aromatic nitrogens is 2. The minimum atomic E-state index is -1.23. The summed E-state index contributed by atoms with van der Waals surface area (Å²) < 4.78 is 0. The molecule has 0 aromatic carbocycles. The molecule has 2 unspecified atom stereocenters. The van der Waals surface area contributed by atoms with Crippen LogP contribution in [0.2, 0.25) is 0 Å². The first kappa shape index (κ1) is 22.6. The van der Waals surface area contributed by atoms with E-state index in [1.165, 1.54) is 13.3 Å². The second kappa shape index (κ2) is 12.1. The van der Waals surface area contributed by atoms with Crippen molar-refractivity contribution < 1.29 is 24.3 Å². The summed E-state index contributed by atoms with van der Waals surface area (Å²) in [6.45, 7) is 4.35. The Kier molecular flexibility index (Phi) is 10.1. The third kappa shape index (κ3) is 9.20. The van der Waals surface area contributed by atoms with Gasteiger partial charge in [0.15, 0.2) is 0 Å². The van der Waals surface area contributed by atoms with Crippen LogP contribution < -0.4 is 16.0 Å². The van der Waals surface area contributed by atoms with Gasteiger partial charge in [0.1, 0.15) is 12.1 Å². The molecule has 0 radical (unpaired) electrons. The van der Waals surface area contributed by atoms with E-state index in [0.29, 0.717) is 12.2 Å². The number of rotatable bonds is 12. The number of thioether (sulfide) groups is 1. The average molecular weight is 399 g/mol. The molecular weight excluding hydrogens is 374 g/mol. The van der Waals surface area contributed by atoms with Gasteiger partial charge >= 0.3 is 5.97 Å². The van der Waals surface area contributed by atoms with Crippen LogP contribution in [0, 0.1) is 0 Å². The molecule has 1 rings (SSSR count). The van der Waals surface area contributed by atoms with Crippen LogP contribution in [0.3, 0.4) is 0 Å². The molecule has 1 aromatic heterocycles. The second-order valence-electron chi connectivity index (χ2n) is 5.73. The van der Waals surface area contributed by atoms with Crippen molar-refractivity contribution >= 4 is 34.7 Å². The van der Waals surface area contributed by atoms with Crippen molar-refractivity contribution in [3.8, 4) is 0 Å². The number of hydrogen-bond donors (Lipinski definition) is 5. The maximum absolute atomic E-state index is 12.5. The summed E-state index contributed by atoms with van der Waals surface area (Å²) in [6.07, 6.45) is 3.44. The van der Waals surface area contributed by atoms with E-state index in [4.69, 9.17) is 5.11 Å². The Morgan fingerprint density at radius 2 is 2.00 bits per heavy atom. The number of nitrogens with one attached hydrogen (secondary N) is 4. The highest BCUT2D eigenvalue weighted by molar-refractivity contribution is 8.13. The number of carbonyl (C=O) groups excluding carboxylic acids is 3. The standard InChI is InChI=1S/C16H25N5O5S/c1-3-17-5-4-14(23)21-12(6-11-7-18-9-19-11)16(26)27-8-13(15(24)25)20-10(2)22/h7,9,12-13,17H,3-6,8H2,1-2H3,(H,18,19)(H,20,22)(H,21,23)(H,24,25). The highest BCUT2D eigenvalue weighted by Crippen LogP contribution is 2.12. The molecule has 1 heterocycles. The number of hydrogen-bond acceptors (Lipinski definition) is 7. The summed E-state index contributed by atoms with van der Waals surface area (Å²) in [6, 6.07) is -2.02. The lowest BCUT2D eigenvalue weighted by Gasteiger charge is -2.18. The summed E-state index contributed by atoms with van der Waals surface area (Å²) in [5, 5.41) is 16.7. The van der Waals surface area contributed by atoms with Crippen molar-refractivity contribution in [3.63, 3.8) is 0 Å². The van der Waals surface area contributed by atoms with E-state index >= 15 is 0 Å². The van der Waals surface area contributed by atoms with Gasteiger partial charge in [0.2, 0.25) is 16.9 Å². The zero-order valence-corrected chi connectivity index (χ0v) is 16.1. The molecule has 27 heavy (non-hydrogen) atoms. The lowest BCUT2D eigenvalue weighted by atomic mass is 10.2. The molecule has 0 saturated carbocycles. The number of amides is 2. The Hall–Kier alpha value is -2.40. The number of imidazole rings is 1. The molecule has 0 aliphatic carbocycles. The Morgan fingerprint density at radius 1 is 1.26 bits per heavy atom. The predicted molar refractivity (Wildman–Crippen MR) is 100 cm³/mol. The Balaban J connectivity index is 2.69. The first-order valence-corrected chi connectivity index (χ1v) is 9.45. The van der Waals surface area contributed by atoms with Crippen LogP contribution in [0.4, 0.5) is 0 Å². The maximum atomic E-state index is 12.5. The van der Waals surface area contributed by atoms with E-state index in [9.17, 15) is 19.2 Å². The highest BCUT2D eigenvalue weighted by Gasteiger charge is 2.26. The van der Waals surface area contributed by atoms with Gasteiger partial charge in [0, 0.05) is 44.0 Å². The minimum Gasteiger partial charge on any atom is -0.480 e. The number of nitrogens with zero attached hydrogens (tertiary/aromatic N) is 1. The third-order valence-corrected chi connectivity index (χ3v) is 4.51. The zero-order chi connectivity index (χ0) is 20.2. The van der Waals surface area contributed by atoms with E-state index in [1.54, 1.807) is 6.20 Å². The molecule has 0 bridgehead atoms. The monoisotopic (exact) mass is 399 g/mol. The highest BCUT2D eigenvalue weighted by atomic mass is 32.2. The van der Waals surface area contributed by atoms with Crippen molar-refractivity contribution in [1.29, 1.82) is 0 Å². The summed E-state index contributed by atoms with van der Waals surface area (Å²) in [7, 11) is 0. The van der Waals surface area contributed by atoms with Gasteiger partial charge in [0.05, 0.1) is 6.33 Å². The number of carboxylic acids is 1. The van der Waals surface area contributed by atoms with Crippen LogP contribution in [-0.2, 0) is 25.6 Å². The van der Waals surface area contributed by atoms with Crippen molar-refractivity contribution in [1.82, 2.24) is 25.9 Å². The lowest BCUT2D eigenvalue weighted by molar-refractivity contribution is -0.140. The number of aromatic amines is 1.